The number of hydrogen-bond donors (Lipinski definition) is 0. The summed E-state index contributed by atoms with van der Waals surface area (Å²) in [5.41, 5.74) is 1.01. The molecular formula is C14H19NO3S. The van der Waals surface area contributed by atoms with Crippen LogP contribution in [-0.4, -0.2) is 36.5 Å². The summed E-state index contributed by atoms with van der Waals surface area (Å²) in [6, 6.07) is 1.95. The molecule has 0 aromatic carbocycles. The maximum absolute atomic E-state index is 12.4. The largest absolute Gasteiger partial charge is 0.466 e. The van der Waals surface area contributed by atoms with Crippen molar-refractivity contribution in [2.75, 3.05) is 19.7 Å². The third kappa shape index (κ3) is 3.15. The monoisotopic (exact) mass is 281 g/mol. The normalized spacial score (nSPS) is 19.3. The number of rotatable bonds is 3. The average molecular weight is 281 g/mol. The summed E-state index contributed by atoms with van der Waals surface area (Å²) in [6.45, 7) is 5.35. The number of likely N-dealkylation sites (tertiary alicyclic amines) is 1. The number of carbonyl (C=O) groups is 2. The van der Waals surface area contributed by atoms with Gasteiger partial charge in [0.2, 0.25) is 0 Å². The van der Waals surface area contributed by atoms with E-state index in [0.29, 0.717) is 13.2 Å². The molecule has 2 rings (SSSR count). The first-order chi connectivity index (χ1) is 9.13. The fourth-order valence-corrected chi connectivity index (χ4v) is 3.24. The lowest BCUT2D eigenvalue weighted by Crippen LogP contribution is -2.42. The molecule has 0 radical (unpaired) electrons. The van der Waals surface area contributed by atoms with Crippen LogP contribution in [0.3, 0.4) is 0 Å². The molecule has 4 nitrogen and oxygen atoms in total. The number of thiophene rings is 1. The summed E-state index contributed by atoms with van der Waals surface area (Å²) in [5, 5.41) is 1.93. The quantitative estimate of drug-likeness (QED) is 0.800. The van der Waals surface area contributed by atoms with E-state index in [1.807, 2.05) is 18.4 Å². The van der Waals surface area contributed by atoms with Gasteiger partial charge in [0, 0.05) is 13.1 Å². The summed E-state index contributed by atoms with van der Waals surface area (Å²) >= 11 is 1.46. The average Bonchev–Trinajstić information content (AvgIpc) is 2.84. The van der Waals surface area contributed by atoms with Gasteiger partial charge in [-0.05, 0) is 43.7 Å². The molecule has 0 saturated carbocycles. The van der Waals surface area contributed by atoms with E-state index >= 15 is 0 Å². The molecule has 0 spiro atoms. The second kappa shape index (κ2) is 6.19. The summed E-state index contributed by atoms with van der Waals surface area (Å²) in [7, 11) is 0. The van der Waals surface area contributed by atoms with Gasteiger partial charge in [0.25, 0.3) is 5.91 Å². The van der Waals surface area contributed by atoms with Crippen molar-refractivity contribution < 1.29 is 14.3 Å². The fraction of sp³-hybridized carbons (Fsp3) is 0.571. The van der Waals surface area contributed by atoms with Crippen LogP contribution >= 0.6 is 11.3 Å². The molecule has 5 heteroatoms. The maximum Gasteiger partial charge on any atom is 0.310 e. The first-order valence-corrected chi connectivity index (χ1v) is 7.51. The minimum Gasteiger partial charge on any atom is -0.466 e. The zero-order valence-electron chi connectivity index (χ0n) is 11.3. The predicted molar refractivity (Wildman–Crippen MR) is 74.3 cm³/mol. The van der Waals surface area contributed by atoms with Crippen LogP contribution < -0.4 is 0 Å². The standard InChI is InChI=1S/C14H19NO3S/c1-3-18-14(17)11-5-4-7-15(9-11)13(16)12-10(2)6-8-19-12/h6,8,11H,3-5,7,9H2,1-2H3. The summed E-state index contributed by atoms with van der Waals surface area (Å²) < 4.78 is 5.05. The second-order valence-corrected chi connectivity index (χ2v) is 5.69. The van der Waals surface area contributed by atoms with E-state index in [2.05, 4.69) is 0 Å². The molecule has 1 saturated heterocycles. The zero-order chi connectivity index (χ0) is 13.8. The van der Waals surface area contributed by atoms with Crippen LogP contribution in [0.5, 0.6) is 0 Å². The van der Waals surface area contributed by atoms with Crippen molar-refractivity contribution in [2.24, 2.45) is 5.92 Å². The molecule has 1 unspecified atom stereocenters. The molecule has 1 atom stereocenters. The van der Waals surface area contributed by atoms with Gasteiger partial charge in [0.15, 0.2) is 0 Å². The Kier molecular flexibility index (Phi) is 4.58. The van der Waals surface area contributed by atoms with E-state index in [9.17, 15) is 9.59 Å². The van der Waals surface area contributed by atoms with Gasteiger partial charge in [0.05, 0.1) is 17.4 Å². The van der Waals surface area contributed by atoms with Crippen molar-refractivity contribution in [1.29, 1.82) is 0 Å². The molecule has 19 heavy (non-hydrogen) atoms. The zero-order valence-corrected chi connectivity index (χ0v) is 12.2. The molecule has 1 aromatic heterocycles. The Hall–Kier alpha value is -1.36. The third-order valence-corrected chi connectivity index (χ3v) is 4.39. The van der Waals surface area contributed by atoms with Crippen molar-refractivity contribution in [3.05, 3.63) is 21.9 Å². The molecule has 104 valence electrons. The van der Waals surface area contributed by atoms with Gasteiger partial charge in [-0.1, -0.05) is 0 Å². The Bertz CT molecular complexity index is 469. The molecule has 1 amide bonds. The highest BCUT2D eigenvalue weighted by Gasteiger charge is 2.30. The third-order valence-electron chi connectivity index (χ3n) is 3.38. The number of carbonyl (C=O) groups excluding carboxylic acids is 2. The molecule has 0 bridgehead atoms. The number of ether oxygens (including phenoxy) is 1. The highest BCUT2D eigenvalue weighted by molar-refractivity contribution is 7.12. The molecular weight excluding hydrogens is 262 g/mol. The minimum absolute atomic E-state index is 0.0431. The van der Waals surface area contributed by atoms with Gasteiger partial charge >= 0.3 is 5.97 Å². The Morgan fingerprint density at radius 2 is 2.32 bits per heavy atom. The van der Waals surface area contributed by atoms with Crippen LogP contribution in [0.25, 0.3) is 0 Å². The van der Waals surface area contributed by atoms with Gasteiger partial charge in [-0.3, -0.25) is 9.59 Å². The summed E-state index contributed by atoms with van der Waals surface area (Å²) in [4.78, 5) is 26.7. The van der Waals surface area contributed by atoms with Gasteiger partial charge in [-0.15, -0.1) is 11.3 Å². The molecule has 0 N–H and O–H groups in total. The van der Waals surface area contributed by atoms with Gasteiger partial charge in [0.1, 0.15) is 0 Å². The van der Waals surface area contributed by atoms with Crippen molar-refractivity contribution in [3.63, 3.8) is 0 Å². The number of aryl methyl sites for hydroxylation is 1. The van der Waals surface area contributed by atoms with Crippen molar-refractivity contribution in [2.45, 2.75) is 26.7 Å². The number of piperidine rings is 1. The van der Waals surface area contributed by atoms with Gasteiger partial charge in [-0.25, -0.2) is 0 Å². The SMILES string of the molecule is CCOC(=O)C1CCCN(C(=O)c2sccc2C)C1. The Morgan fingerprint density at radius 3 is 2.95 bits per heavy atom. The van der Waals surface area contributed by atoms with E-state index in [0.717, 1.165) is 29.8 Å². The van der Waals surface area contributed by atoms with Crippen LogP contribution in [0.1, 0.15) is 35.0 Å². The summed E-state index contributed by atoms with van der Waals surface area (Å²) in [6.07, 6.45) is 1.67. The first kappa shape index (κ1) is 14.1. The fourth-order valence-electron chi connectivity index (χ4n) is 2.35. The van der Waals surface area contributed by atoms with Crippen LogP contribution in [-0.2, 0) is 9.53 Å². The lowest BCUT2D eigenvalue weighted by atomic mass is 9.98. The molecule has 0 aliphatic carbocycles. The number of amides is 1. The van der Waals surface area contributed by atoms with Gasteiger partial charge in [-0.2, -0.15) is 0 Å². The number of esters is 1. The highest BCUT2D eigenvalue weighted by Crippen LogP contribution is 2.23. The molecule has 1 aromatic rings. The topological polar surface area (TPSA) is 46.6 Å². The van der Waals surface area contributed by atoms with Gasteiger partial charge < -0.3 is 9.64 Å². The second-order valence-electron chi connectivity index (χ2n) is 4.78. The predicted octanol–water partition coefficient (Wildman–Crippen LogP) is 2.47. The Balaban J connectivity index is 2.03. The maximum atomic E-state index is 12.4. The highest BCUT2D eigenvalue weighted by atomic mass is 32.1. The molecule has 1 aliphatic heterocycles. The summed E-state index contributed by atoms with van der Waals surface area (Å²) in [5.74, 6) is -0.303. The van der Waals surface area contributed by atoms with Crippen LogP contribution in [0.4, 0.5) is 0 Å². The van der Waals surface area contributed by atoms with Crippen LogP contribution in [0.2, 0.25) is 0 Å². The van der Waals surface area contributed by atoms with E-state index in [4.69, 9.17) is 4.74 Å². The van der Waals surface area contributed by atoms with Crippen molar-refractivity contribution in [1.82, 2.24) is 4.90 Å². The molecule has 1 fully saturated rings. The van der Waals surface area contributed by atoms with E-state index < -0.39 is 0 Å². The Labute approximate surface area is 117 Å². The number of hydrogen-bond acceptors (Lipinski definition) is 4. The lowest BCUT2D eigenvalue weighted by Gasteiger charge is -2.31. The van der Waals surface area contributed by atoms with Crippen LogP contribution in [0.15, 0.2) is 11.4 Å². The molecule has 2 heterocycles. The lowest BCUT2D eigenvalue weighted by molar-refractivity contribution is -0.149. The van der Waals surface area contributed by atoms with Crippen molar-refractivity contribution in [3.8, 4) is 0 Å². The van der Waals surface area contributed by atoms with Crippen molar-refractivity contribution >= 4 is 23.2 Å². The molecule has 1 aliphatic rings. The first-order valence-electron chi connectivity index (χ1n) is 6.63. The Morgan fingerprint density at radius 1 is 1.53 bits per heavy atom. The van der Waals surface area contributed by atoms with E-state index in [1.54, 1.807) is 11.8 Å². The van der Waals surface area contributed by atoms with E-state index in [-0.39, 0.29) is 17.8 Å². The van der Waals surface area contributed by atoms with E-state index in [1.165, 1.54) is 11.3 Å². The smallest absolute Gasteiger partial charge is 0.310 e. The minimum atomic E-state index is -0.178. The number of nitrogens with zero attached hydrogens (tertiary/aromatic N) is 1. The van der Waals surface area contributed by atoms with Crippen LogP contribution in [0, 0.1) is 12.8 Å².